The van der Waals surface area contributed by atoms with Crippen molar-refractivity contribution in [3.8, 4) is 0 Å². The third kappa shape index (κ3) is 6.73. The van der Waals surface area contributed by atoms with E-state index in [-0.39, 0.29) is 0 Å². The molecule has 0 radical (unpaired) electrons. The van der Waals surface area contributed by atoms with Crippen LogP contribution in [0.2, 0.25) is 0 Å². The smallest absolute Gasteiger partial charge is 0.346 e. The maximum atomic E-state index is 10.9. The number of aromatic carboxylic acids is 1. The van der Waals surface area contributed by atoms with Gasteiger partial charge in [-0.25, -0.2) is 4.79 Å². The summed E-state index contributed by atoms with van der Waals surface area (Å²) in [6.45, 7) is 6.17. The summed E-state index contributed by atoms with van der Waals surface area (Å²) < 4.78 is 0. The van der Waals surface area contributed by atoms with Gasteiger partial charge in [0.2, 0.25) is 0 Å². The predicted octanol–water partition coefficient (Wildman–Crippen LogP) is 4.14. The van der Waals surface area contributed by atoms with Crippen LogP contribution in [-0.2, 0) is 6.54 Å². The van der Waals surface area contributed by atoms with Crippen molar-refractivity contribution in [1.82, 2.24) is 5.32 Å². The highest BCUT2D eigenvalue weighted by molar-refractivity contribution is 7.12. The van der Waals surface area contributed by atoms with Gasteiger partial charge in [-0.15, -0.1) is 11.3 Å². The molecule has 0 bridgehead atoms. The minimum Gasteiger partial charge on any atom is -0.477 e. The van der Waals surface area contributed by atoms with Gasteiger partial charge in [0.25, 0.3) is 0 Å². The summed E-state index contributed by atoms with van der Waals surface area (Å²) in [5.74, 6) is -0.00774. The maximum Gasteiger partial charge on any atom is 0.346 e. The average Bonchev–Trinajstić information content (AvgIpc) is 2.80. The SMILES string of the molecule is CC(C)CCCCCCNCc1ccsc1C(=O)O. The van der Waals surface area contributed by atoms with E-state index in [0.29, 0.717) is 11.4 Å². The summed E-state index contributed by atoms with van der Waals surface area (Å²) in [4.78, 5) is 11.4. The Labute approximate surface area is 120 Å². The Kier molecular flexibility index (Phi) is 7.75. The Morgan fingerprint density at radius 2 is 2.05 bits per heavy atom. The molecule has 1 aromatic heterocycles. The van der Waals surface area contributed by atoms with Gasteiger partial charge in [0.15, 0.2) is 0 Å². The molecule has 0 fully saturated rings. The molecule has 0 aromatic carbocycles. The Morgan fingerprint density at radius 1 is 1.32 bits per heavy atom. The molecule has 1 rings (SSSR count). The summed E-state index contributed by atoms with van der Waals surface area (Å²) in [7, 11) is 0. The molecule has 1 heterocycles. The highest BCUT2D eigenvalue weighted by Gasteiger charge is 2.10. The Morgan fingerprint density at radius 3 is 2.74 bits per heavy atom. The third-order valence-corrected chi connectivity index (χ3v) is 4.09. The fourth-order valence-electron chi connectivity index (χ4n) is 2.04. The van der Waals surface area contributed by atoms with E-state index in [0.717, 1.165) is 18.0 Å². The van der Waals surface area contributed by atoms with Crippen LogP contribution < -0.4 is 5.32 Å². The topological polar surface area (TPSA) is 49.3 Å². The molecule has 0 saturated heterocycles. The number of carbonyl (C=O) groups is 1. The zero-order valence-corrected chi connectivity index (χ0v) is 12.8. The summed E-state index contributed by atoms with van der Waals surface area (Å²) in [5, 5.41) is 14.1. The van der Waals surface area contributed by atoms with Crippen molar-refractivity contribution in [3.63, 3.8) is 0 Å². The first kappa shape index (κ1) is 16.2. The van der Waals surface area contributed by atoms with Crippen LogP contribution in [0, 0.1) is 5.92 Å². The fourth-order valence-corrected chi connectivity index (χ4v) is 2.80. The summed E-state index contributed by atoms with van der Waals surface area (Å²) in [5.41, 5.74) is 0.900. The lowest BCUT2D eigenvalue weighted by molar-refractivity contribution is 0.0701. The predicted molar refractivity (Wildman–Crippen MR) is 80.9 cm³/mol. The van der Waals surface area contributed by atoms with Gasteiger partial charge < -0.3 is 10.4 Å². The van der Waals surface area contributed by atoms with E-state index < -0.39 is 5.97 Å². The molecule has 3 nitrogen and oxygen atoms in total. The number of carboxylic acids is 1. The Hall–Kier alpha value is -0.870. The van der Waals surface area contributed by atoms with E-state index in [1.54, 1.807) is 0 Å². The lowest BCUT2D eigenvalue weighted by Gasteiger charge is -2.06. The molecule has 4 heteroatoms. The fraction of sp³-hybridized carbons (Fsp3) is 0.667. The van der Waals surface area contributed by atoms with Gasteiger partial charge in [0.1, 0.15) is 4.88 Å². The first-order valence-corrected chi connectivity index (χ1v) is 7.99. The summed E-state index contributed by atoms with van der Waals surface area (Å²) in [6.07, 6.45) is 6.38. The standard InChI is InChI=1S/C15H25NO2S/c1-12(2)7-5-3-4-6-9-16-11-13-8-10-19-14(13)15(17)18/h8,10,12,16H,3-7,9,11H2,1-2H3,(H,17,18). The Bertz CT molecular complexity index is 374. The molecule has 0 aliphatic carbocycles. The second kappa shape index (κ2) is 9.10. The van der Waals surface area contributed by atoms with E-state index in [2.05, 4.69) is 19.2 Å². The van der Waals surface area contributed by atoms with Crippen LogP contribution in [0.5, 0.6) is 0 Å². The van der Waals surface area contributed by atoms with E-state index in [1.165, 1.54) is 43.4 Å². The number of nitrogens with one attached hydrogen (secondary N) is 1. The summed E-state index contributed by atoms with van der Waals surface area (Å²) >= 11 is 1.30. The van der Waals surface area contributed by atoms with Gasteiger partial charge in [-0.3, -0.25) is 0 Å². The highest BCUT2D eigenvalue weighted by Crippen LogP contribution is 2.16. The minimum absolute atomic E-state index is 0.462. The average molecular weight is 283 g/mol. The molecule has 108 valence electrons. The van der Waals surface area contributed by atoms with Gasteiger partial charge in [-0.05, 0) is 35.9 Å². The van der Waals surface area contributed by atoms with Crippen molar-refractivity contribution in [2.45, 2.75) is 52.5 Å². The van der Waals surface area contributed by atoms with Gasteiger partial charge in [-0.1, -0.05) is 39.5 Å². The Balaban J connectivity index is 2.05. The normalized spacial score (nSPS) is 11.1. The highest BCUT2D eigenvalue weighted by atomic mass is 32.1. The van der Waals surface area contributed by atoms with Gasteiger partial charge >= 0.3 is 5.97 Å². The number of hydrogen-bond donors (Lipinski definition) is 2. The molecule has 0 spiro atoms. The number of unbranched alkanes of at least 4 members (excludes halogenated alkanes) is 3. The molecule has 0 atom stereocenters. The molecule has 2 N–H and O–H groups in total. The van der Waals surface area contributed by atoms with Gasteiger partial charge in [-0.2, -0.15) is 0 Å². The van der Waals surface area contributed by atoms with Crippen LogP contribution in [0.1, 0.15) is 61.2 Å². The first-order chi connectivity index (χ1) is 9.11. The van der Waals surface area contributed by atoms with Crippen molar-refractivity contribution in [3.05, 3.63) is 21.9 Å². The number of thiophene rings is 1. The van der Waals surface area contributed by atoms with E-state index in [4.69, 9.17) is 5.11 Å². The molecule has 0 aliphatic rings. The van der Waals surface area contributed by atoms with Crippen LogP contribution in [0.4, 0.5) is 0 Å². The number of carboxylic acid groups (broad SMARTS) is 1. The van der Waals surface area contributed by atoms with Gasteiger partial charge in [0.05, 0.1) is 0 Å². The van der Waals surface area contributed by atoms with E-state index in [9.17, 15) is 4.79 Å². The second-order valence-electron chi connectivity index (χ2n) is 5.35. The van der Waals surface area contributed by atoms with Crippen molar-refractivity contribution in [1.29, 1.82) is 0 Å². The van der Waals surface area contributed by atoms with E-state index >= 15 is 0 Å². The number of hydrogen-bond acceptors (Lipinski definition) is 3. The second-order valence-corrected chi connectivity index (χ2v) is 6.27. The third-order valence-electron chi connectivity index (χ3n) is 3.14. The van der Waals surface area contributed by atoms with Crippen molar-refractivity contribution < 1.29 is 9.90 Å². The first-order valence-electron chi connectivity index (χ1n) is 7.11. The molecular weight excluding hydrogens is 258 g/mol. The van der Waals surface area contributed by atoms with Crippen LogP contribution in [0.3, 0.4) is 0 Å². The molecular formula is C15H25NO2S. The van der Waals surface area contributed by atoms with E-state index in [1.807, 2.05) is 11.4 Å². The van der Waals surface area contributed by atoms with Gasteiger partial charge in [0, 0.05) is 6.54 Å². The molecule has 1 aromatic rings. The maximum absolute atomic E-state index is 10.9. The summed E-state index contributed by atoms with van der Waals surface area (Å²) in [6, 6.07) is 1.89. The lowest BCUT2D eigenvalue weighted by atomic mass is 10.0. The monoisotopic (exact) mass is 283 g/mol. The quantitative estimate of drug-likeness (QED) is 0.634. The van der Waals surface area contributed by atoms with Crippen molar-refractivity contribution in [2.24, 2.45) is 5.92 Å². The molecule has 19 heavy (non-hydrogen) atoms. The van der Waals surface area contributed by atoms with Crippen LogP contribution >= 0.6 is 11.3 Å². The largest absolute Gasteiger partial charge is 0.477 e. The lowest BCUT2D eigenvalue weighted by Crippen LogP contribution is -2.15. The zero-order chi connectivity index (χ0) is 14.1. The van der Waals surface area contributed by atoms with Crippen LogP contribution in [-0.4, -0.2) is 17.6 Å². The van der Waals surface area contributed by atoms with Crippen LogP contribution in [0.25, 0.3) is 0 Å². The van der Waals surface area contributed by atoms with Crippen LogP contribution in [0.15, 0.2) is 11.4 Å². The number of rotatable bonds is 10. The molecule has 0 saturated carbocycles. The molecule has 0 unspecified atom stereocenters. The zero-order valence-electron chi connectivity index (χ0n) is 11.9. The molecule has 0 amide bonds. The minimum atomic E-state index is -0.819. The molecule has 0 aliphatic heterocycles. The van der Waals surface area contributed by atoms with Crippen molar-refractivity contribution in [2.75, 3.05) is 6.54 Å². The van der Waals surface area contributed by atoms with Crippen molar-refractivity contribution >= 4 is 17.3 Å².